The smallest absolute Gasteiger partial charge is 0.266 e. The molecule has 0 radical (unpaired) electrons. The molecule has 7 nitrogen and oxygen atoms in total. The highest BCUT2D eigenvalue weighted by Gasteiger charge is 2.33. The van der Waals surface area contributed by atoms with Gasteiger partial charge in [0.1, 0.15) is 11.2 Å². The van der Waals surface area contributed by atoms with Crippen molar-refractivity contribution < 1.29 is 4.79 Å². The molecule has 0 aliphatic carbocycles. The maximum absolute atomic E-state index is 12.9. The zero-order chi connectivity index (χ0) is 16.5. The van der Waals surface area contributed by atoms with E-state index in [0.29, 0.717) is 10.7 Å². The lowest BCUT2D eigenvalue weighted by atomic mass is 10.1. The standard InChI is InChI=1S/C16H16N6OS/c1-11-15(24-10-19-11)16(23)22-5-2-3-13(22)12-7-18-8-14(20-12)21-6-4-17-9-21/h4,6-10,13H,2-3,5H2,1H3/t13-/m1/s1. The average molecular weight is 340 g/mol. The number of hydrogen-bond donors (Lipinski definition) is 0. The summed E-state index contributed by atoms with van der Waals surface area (Å²) in [5.41, 5.74) is 3.32. The van der Waals surface area contributed by atoms with E-state index in [9.17, 15) is 4.79 Å². The molecule has 1 fully saturated rings. The van der Waals surface area contributed by atoms with Gasteiger partial charge in [0.25, 0.3) is 5.91 Å². The molecule has 122 valence electrons. The van der Waals surface area contributed by atoms with Crippen LogP contribution >= 0.6 is 11.3 Å². The van der Waals surface area contributed by atoms with Gasteiger partial charge in [-0.25, -0.2) is 15.0 Å². The van der Waals surface area contributed by atoms with Gasteiger partial charge in [-0.3, -0.25) is 14.3 Å². The Hall–Kier alpha value is -2.61. The second-order valence-corrected chi connectivity index (χ2v) is 6.55. The van der Waals surface area contributed by atoms with E-state index in [1.165, 1.54) is 11.3 Å². The predicted octanol–water partition coefficient (Wildman–Crippen LogP) is 2.40. The van der Waals surface area contributed by atoms with Crippen LogP contribution in [0.5, 0.6) is 0 Å². The van der Waals surface area contributed by atoms with E-state index < -0.39 is 0 Å². The molecule has 3 aromatic rings. The molecule has 0 unspecified atom stereocenters. The number of aromatic nitrogens is 5. The number of imidazole rings is 1. The number of carbonyl (C=O) groups is 1. The number of aryl methyl sites for hydroxylation is 1. The quantitative estimate of drug-likeness (QED) is 0.732. The van der Waals surface area contributed by atoms with Gasteiger partial charge in [0, 0.05) is 18.9 Å². The molecule has 24 heavy (non-hydrogen) atoms. The third-order valence-corrected chi connectivity index (χ3v) is 5.12. The molecule has 1 atom stereocenters. The van der Waals surface area contributed by atoms with E-state index in [1.807, 2.05) is 22.6 Å². The molecule has 1 amide bonds. The number of carbonyl (C=O) groups excluding carboxylic acids is 1. The fraction of sp³-hybridized carbons (Fsp3) is 0.312. The zero-order valence-electron chi connectivity index (χ0n) is 13.2. The topological polar surface area (TPSA) is 76.8 Å². The highest BCUT2D eigenvalue weighted by atomic mass is 32.1. The summed E-state index contributed by atoms with van der Waals surface area (Å²) in [5.74, 6) is 0.741. The third kappa shape index (κ3) is 2.58. The zero-order valence-corrected chi connectivity index (χ0v) is 14.0. The summed E-state index contributed by atoms with van der Waals surface area (Å²) in [4.78, 5) is 32.7. The van der Waals surface area contributed by atoms with Crippen LogP contribution in [0.1, 0.15) is 39.9 Å². The van der Waals surface area contributed by atoms with Crippen molar-refractivity contribution in [2.75, 3.05) is 6.54 Å². The first-order valence-electron chi connectivity index (χ1n) is 7.75. The minimum absolute atomic E-state index is 0.0346. The fourth-order valence-electron chi connectivity index (χ4n) is 3.00. The molecule has 4 rings (SSSR count). The first-order chi connectivity index (χ1) is 11.7. The van der Waals surface area contributed by atoms with E-state index in [0.717, 1.165) is 30.8 Å². The lowest BCUT2D eigenvalue weighted by molar-refractivity contribution is 0.0736. The summed E-state index contributed by atoms with van der Waals surface area (Å²) in [7, 11) is 0. The number of likely N-dealkylation sites (tertiary alicyclic amines) is 1. The predicted molar refractivity (Wildman–Crippen MR) is 89.0 cm³/mol. The van der Waals surface area contributed by atoms with Crippen LogP contribution in [-0.2, 0) is 0 Å². The van der Waals surface area contributed by atoms with Gasteiger partial charge in [-0.2, -0.15) is 0 Å². The van der Waals surface area contributed by atoms with Crippen LogP contribution in [0.2, 0.25) is 0 Å². The van der Waals surface area contributed by atoms with Gasteiger partial charge in [0.15, 0.2) is 5.82 Å². The molecule has 0 N–H and O–H groups in total. The molecule has 0 saturated carbocycles. The summed E-state index contributed by atoms with van der Waals surface area (Å²) in [6.45, 7) is 2.60. The normalized spacial score (nSPS) is 17.4. The van der Waals surface area contributed by atoms with E-state index in [2.05, 4.69) is 19.9 Å². The van der Waals surface area contributed by atoms with E-state index >= 15 is 0 Å². The van der Waals surface area contributed by atoms with Crippen LogP contribution < -0.4 is 0 Å². The Morgan fingerprint density at radius 2 is 2.25 bits per heavy atom. The Balaban J connectivity index is 1.65. The number of rotatable bonds is 3. The molecule has 3 aromatic heterocycles. The lowest BCUT2D eigenvalue weighted by Gasteiger charge is -2.24. The van der Waals surface area contributed by atoms with Crippen molar-refractivity contribution in [3.05, 3.63) is 52.9 Å². The van der Waals surface area contributed by atoms with Gasteiger partial charge < -0.3 is 4.90 Å². The Morgan fingerprint density at radius 1 is 1.33 bits per heavy atom. The van der Waals surface area contributed by atoms with Gasteiger partial charge in [-0.15, -0.1) is 11.3 Å². The van der Waals surface area contributed by atoms with Gasteiger partial charge in [-0.1, -0.05) is 0 Å². The summed E-state index contributed by atoms with van der Waals surface area (Å²) in [6.07, 6.45) is 10.5. The molecular weight excluding hydrogens is 324 g/mol. The molecule has 0 bridgehead atoms. The largest absolute Gasteiger partial charge is 0.329 e. The van der Waals surface area contributed by atoms with Crippen molar-refractivity contribution in [1.29, 1.82) is 0 Å². The Bertz CT molecular complexity index is 859. The summed E-state index contributed by atoms with van der Waals surface area (Å²) >= 11 is 1.39. The van der Waals surface area contributed by atoms with Crippen molar-refractivity contribution in [3.63, 3.8) is 0 Å². The second kappa shape index (κ2) is 6.12. The number of amides is 1. The highest BCUT2D eigenvalue weighted by molar-refractivity contribution is 7.11. The Labute approximate surface area is 143 Å². The first-order valence-corrected chi connectivity index (χ1v) is 8.63. The molecule has 1 aliphatic rings. The van der Waals surface area contributed by atoms with E-state index in [4.69, 9.17) is 0 Å². The van der Waals surface area contributed by atoms with Crippen LogP contribution in [0.4, 0.5) is 0 Å². The molecule has 1 saturated heterocycles. The fourth-order valence-corrected chi connectivity index (χ4v) is 3.76. The first kappa shape index (κ1) is 14.9. The van der Waals surface area contributed by atoms with Crippen LogP contribution in [0.25, 0.3) is 5.82 Å². The molecule has 4 heterocycles. The molecule has 8 heteroatoms. The highest BCUT2D eigenvalue weighted by Crippen LogP contribution is 2.33. The van der Waals surface area contributed by atoms with Crippen molar-refractivity contribution in [2.45, 2.75) is 25.8 Å². The van der Waals surface area contributed by atoms with Crippen LogP contribution in [0.15, 0.2) is 36.6 Å². The van der Waals surface area contributed by atoms with Crippen molar-refractivity contribution in [1.82, 2.24) is 29.4 Å². The summed E-state index contributed by atoms with van der Waals surface area (Å²) in [5, 5.41) is 0. The molecule has 1 aliphatic heterocycles. The second-order valence-electron chi connectivity index (χ2n) is 5.70. The number of hydrogen-bond acceptors (Lipinski definition) is 6. The monoisotopic (exact) mass is 340 g/mol. The Morgan fingerprint density at radius 3 is 3.00 bits per heavy atom. The molecule has 0 aromatic carbocycles. The third-order valence-electron chi connectivity index (χ3n) is 4.20. The van der Waals surface area contributed by atoms with Crippen LogP contribution in [-0.4, -0.2) is 41.9 Å². The van der Waals surface area contributed by atoms with Crippen molar-refractivity contribution >= 4 is 17.2 Å². The van der Waals surface area contributed by atoms with Crippen molar-refractivity contribution in [2.24, 2.45) is 0 Å². The molecule has 0 spiro atoms. The lowest BCUT2D eigenvalue weighted by Crippen LogP contribution is -2.31. The summed E-state index contributed by atoms with van der Waals surface area (Å²) in [6, 6.07) is -0.0463. The SMILES string of the molecule is Cc1ncsc1C(=O)N1CCC[C@@H]1c1cncc(-n2ccnc2)n1. The van der Waals surface area contributed by atoms with E-state index in [-0.39, 0.29) is 11.9 Å². The summed E-state index contributed by atoms with van der Waals surface area (Å²) < 4.78 is 1.81. The van der Waals surface area contributed by atoms with Gasteiger partial charge in [0.05, 0.1) is 35.3 Å². The number of thiazole rings is 1. The minimum atomic E-state index is -0.0463. The minimum Gasteiger partial charge on any atom is -0.329 e. The maximum Gasteiger partial charge on any atom is 0.266 e. The van der Waals surface area contributed by atoms with Gasteiger partial charge in [0.2, 0.25) is 0 Å². The Kier molecular flexibility index (Phi) is 3.81. The van der Waals surface area contributed by atoms with Crippen molar-refractivity contribution in [3.8, 4) is 5.82 Å². The van der Waals surface area contributed by atoms with Gasteiger partial charge >= 0.3 is 0 Å². The van der Waals surface area contributed by atoms with E-state index in [1.54, 1.807) is 30.4 Å². The molecular formula is C16H16N6OS. The van der Waals surface area contributed by atoms with Gasteiger partial charge in [-0.05, 0) is 19.8 Å². The van der Waals surface area contributed by atoms with Crippen LogP contribution in [0, 0.1) is 6.92 Å². The number of nitrogens with zero attached hydrogens (tertiary/aromatic N) is 6. The average Bonchev–Trinajstić information content (AvgIpc) is 3.35. The van der Waals surface area contributed by atoms with Crippen LogP contribution in [0.3, 0.4) is 0 Å². The maximum atomic E-state index is 12.9.